The van der Waals surface area contributed by atoms with Gasteiger partial charge in [0.15, 0.2) is 0 Å². The summed E-state index contributed by atoms with van der Waals surface area (Å²) in [6, 6.07) is 8.38. The van der Waals surface area contributed by atoms with E-state index in [2.05, 4.69) is 25.8 Å². The first-order valence-corrected chi connectivity index (χ1v) is 9.52. The Hall–Kier alpha value is -2.37. The van der Waals surface area contributed by atoms with Crippen molar-refractivity contribution in [2.24, 2.45) is 0 Å². The van der Waals surface area contributed by atoms with Gasteiger partial charge in [-0.3, -0.25) is 0 Å². The van der Waals surface area contributed by atoms with E-state index in [9.17, 15) is 4.39 Å². The molecular weight excluding hydrogens is 331 g/mol. The van der Waals surface area contributed by atoms with E-state index in [1.54, 1.807) is 18.5 Å². The quantitative estimate of drug-likeness (QED) is 0.836. The molecule has 0 atom stereocenters. The van der Waals surface area contributed by atoms with Crippen molar-refractivity contribution in [3.8, 4) is 5.75 Å². The second-order valence-corrected chi connectivity index (χ2v) is 7.04. The van der Waals surface area contributed by atoms with Gasteiger partial charge in [-0.15, -0.1) is 0 Å². The molecule has 138 valence electrons. The van der Waals surface area contributed by atoms with E-state index in [0.29, 0.717) is 0 Å². The summed E-state index contributed by atoms with van der Waals surface area (Å²) < 4.78 is 19.0. The van der Waals surface area contributed by atoms with Crippen molar-refractivity contribution in [2.75, 3.05) is 36.0 Å². The number of ether oxygens (including phenoxy) is 1. The molecule has 6 heteroatoms. The van der Waals surface area contributed by atoms with Gasteiger partial charge in [0.25, 0.3) is 0 Å². The minimum Gasteiger partial charge on any atom is -0.490 e. The minimum atomic E-state index is -0.236. The Morgan fingerprint density at radius 2 is 1.46 bits per heavy atom. The Kier molecular flexibility index (Phi) is 5.18. The molecule has 0 N–H and O–H groups in total. The van der Waals surface area contributed by atoms with Gasteiger partial charge in [0.05, 0.1) is 0 Å². The Labute approximate surface area is 153 Å². The summed E-state index contributed by atoms with van der Waals surface area (Å²) >= 11 is 0. The van der Waals surface area contributed by atoms with E-state index in [4.69, 9.17) is 4.74 Å². The summed E-state index contributed by atoms with van der Waals surface area (Å²) in [5.41, 5.74) is 0. The molecule has 0 unspecified atom stereocenters. The van der Waals surface area contributed by atoms with Crippen LogP contribution in [-0.4, -0.2) is 42.3 Å². The molecule has 0 amide bonds. The zero-order valence-electron chi connectivity index (χ0n) is 15.0. The maximum atomic E-state index is 13.0. The van der Waals surface area contributed by atoms with Crippen molar-refractivity contribution in [1.82, 2.24) is 9.97 Å². The second-order valence-electron chi connectivity index (χ2n) is 7.04. The summed E-state index contributed by atoms with van der Waals surface area (Å²) in [6.07, 6.45) is 7.51. The largest absolute Gasteiger partial charge is 0.490 e. The van der Waals surface area contributed by atoms with Crippen LogP contribution in [0, 0.1) is 5.82 Å². The molecule has 2 aromatic rings. The van der Waals surface area contributed by atoms with Crippen LogP contribution in [0.1, 0.15) is 32.1 Å². The number of hydrogen-bond donors (Lipinski definition) is 0. The van der Waals surface area contributed by atoms with Gasteiger partial charge >= 0.3 is 0 Å². The third kappa shape index (κ3) is 4.06. The molecule has 0 spiro atoms. The molecule has 0 saturated carbocycles. The Bertz CT molecular complexity index is 710. The van der Waals surface area contributed by atoms with Crippen molar-refractivity contribution < 1.29 is 9.13 Å². The van der Waals surface area contributed by atoms with E-state index in [-0.39, 0.29) is 11.9 Å². The SMILES string of the molecule is Fc1ccc(OC2CCN(c3cc(N4CCCCC4)ncn3)CC2)cc1. The third-order valence-corrected chi connectivity index (χ3v) is 5.20. The molecule has 5 nitrogen and oxygen atoms in total. The summed E-state index contributed by atoms with van der Waals surface area (Å²) in [7, 11) is 0. The van der Waals surface area contributed by atoms with Crippen molar-refractivity contribution in [1.29, 1.82) is 0 Å². The third-order valence-electron chi connectivity index (χ3n) is 5.20. The number of piperidine rings is 2. The fraction of sp³-hybridized carbons (Fsp3) is 0.500. The maximum Gasteiger partial charge on any atom is 0.134 e. The van der Waals surface area contributed by atoms with Crippen LogP contribution in [0.2, 0.25) is 0 Å². The number of anilines is 2. The Morgan fingerprint density at radius 1 is 0.846 bits per heavy atom. The molecule has 0 bridgehead atoms. The van der Waals surface area contributed by atoms with Crippen LogP contribution in [0.5, 0.6) is 5.75 Å². The molecule has 2 aliphatic rings. The summed E-state index contributed by atoms with van der Waals surface area (Å²) in [6.45, 7) is 3.98. The fourth-order valence-corrected chi connectivity index (χ4v) is 3.71. The molecule has 26 heavy (non-hydrogen) atoms. The van der Waals surface area contributed by atoms with Crippen molar-refractivity contribution >= 4 is 11.6 Å². The van der Waals surface area contributed by atoms with Crippen LogP contribution in [0.25, 0.3) is 0 Å². The lowest BCUT2D eigenvalue weighted by Gasteiger charge is -2.34. The van der Waals surface area contributed by atoms with Crippen LogP contribution in [-0.2, 0) is 0 Å². The molecule has 2 saturated heterocycles. The smallest absolute Gasteiger partial charge is 0.134 e. The first-order chi connectivity index (χ1) is 12.8. The van der Waals surface area contributed by atoms with Crippen LogP contribution in [0.3, 0.4) is 0 Å². The van der Waals surface area contributed by atoms with Gasteiger partial charge < -0.3 is 14.5 Å². The van der Waals surface area contributed by atoms with Gasteiger partial charge in [-0.1, -0.05) is 0 Å². The van der Waals surface area contributed by atoms with Crippen LogP contribution < -0.4 is 14.5 Å². The van der Waals surface area contributed by atoms with Gasteiger partial charge in [0.2, 0.25) is 0 Å². The highest BCUT2D eigenvalue weighted by atomic mass is 19.1. The highest BCUT2D eigenvalue weighted by Crippen LogP contribution is 2.25. The van der Waals surface area contributed by atoms with E-state index >= 15 is 0 Å². The number of hydrogen-bond acceptors (Lipinski definition) is 5. The number of rotatable bonds is 4. The zero-order valence-corrected chi connectivity index (χ0v) is 15.0. The normalized spacial score (nSPS) is 18.8. The van der Waals surface area contributed by atoms with Crippen LogP contribution >= 0.6 is 0 Å². The molecular formula is C20H25FN4O. The first kappa shape index (κ1) is 17.1. The summed E-state index contributed by atoms with van der Waals surface area (Å²) in [5.74, 6) is 2.54. The van der Waals surface area contributed by atoms with E-state index in [0.717, 1.165) is 56.4 Å². The van der Waals surface area contributed by atoms with Crippen molar-refractivity contribution in [3.63, 3.8) is 0 Å². The van der Waals surface area contributed by atoms with Gasteiger partial charge in [-0.05, 0) is 43.5 Å². The summed E-state index contributed by atoms with van der Waals surface area (Å²) in [4.78, 5) is 13.6. The lowest BCUT2D eigenvalue weighted by molar-refractivity contribution is 0.170. The lowest BCUT2D eigenvalue weighted by atomic mass is 10.1. The standard InChI is InChI=1S/C20H25FN4O/c21-16-4-6-17(7-5-16)26-18-8-12-25(13-9-18)20-14-19(22-15-23-20)24-10-2-1-3-11-24/h4-7,14-15,18H,1-3,8-13H2. The summed E-state index contributed by atoms with van der Waals surface area (Å²) in [5, 5.41) is 0. The highest BCUT2D eigenvalue weighted by molar-refractivity contribution is 5.50. The number of aromatic nitrogens is 2. The van der Waals surface area contributed by atoms with Crippen LogP contribution in [0.15, 0.2) is 36.7 Å². The molecule has 1 aromatic heterocycles. The molecule has 1 aromatic carbocycles. The molecule has 2 aliphatic heterocycles. The van der Waals surface area contributed by atoms with Gasteiger partial charge in [-0.25, -0.2) is 14.4 Å². The molecule has 0 radical (unpaired) electrons. The van der Waals surface area contributed by atoms with Gasteiger partial charge in [0.1, 0.15) is 35.6 Å². The average molecular weight is 356 g/mol. The Morgan fingerprint density at radius 3 is 2.12 bits per heavy atom. The molecule has 0 aliphatic carbocycles. The van der Waals surface area contributed by atoms with Gasteiger partial charge in [0, 0.05) is 45.1 Å². The topological polar surface area (TPSA) is 41.5 Å². The Balaban J connectivity index is 1.35. The number of nitrogens with zero attached hydrogens (tertiary/aromatic N) is 4. The number of halogens is 1. The van der Waals surface area contributed by atoms with E-state index in [1.165, 1.54) is 31.4 Å². The minimum absolute atomic E-state index is 0.167. The van der Waals surface area contributed by atoms with Crippen LogP contribution in [0.4, 0.5) is 16.0 Å². The molecule has 3 heterocycles. The second kappa shape index (κ2) is 7.89. The monoisotopic (exact) mass is 356 g/mol. The van der Waals surface area contributed by atoms with E-state index < -0.39 is 0 Å². The van der Waals surface area contributed by atoms with Crippen molar-refractivity contribution in [2.45, 2.75) is 38.2 Å². The average Bonchev–Trinajstić information content (AvgIpc) is 2.71. The molecule has 2 fully saturated rings. The lowest BCUT2D eigenvalue weighted by Crippen LogP contribution is -2.39. The predicted molar refractivity (Wildman–Crippen MR) is 100 cm³/mol. The zero-order chi connectivity index (χ0) is 17.8. The fourth-order valence-electron chi connectivity index (χ4n) is 3.71. The predicted octanol–water partition coefficient (Wildman–Crippen LogP) is 3.65. The van der Waals surface area contributed by atoms with Gasteiger partial charge in [-0.2, -0.15) is 0 Å². The number of benzene rings is 1. The highest BCUT2D eigenvalue weighted by Gasteiger charge is 2.22. The molecule has 4 rings (SSSR count). The maximum absolute atomic E-state index is 13.0. The van der Waals surface area contributed by atoms with Crippen molar-refractivity contribution in [3.05, 3.63) is 42.5 Å². The van der Waals surface area contributed by atoms with E-state index in [1.807, 2.05) is 0 Å². The first-order valence-electron chi connectivity index (χ1n) is 9.52.